The van der Waals surface area contributed by atoms with Crippen LogP contribution in [0.5, 0.6) is 17.2 Å². The van der Waals surface area contributed by atoms with Gasteiger partial charge in [-0.1, -0.05) is 0 Å². The Labute approximate surface area is 133 Å². The van der Waals surface area contributed by atoms with E-state index in [0.29, 0.717) is 25.2 Å². The van der Waals surface area contributed by atoms with Crippen molar-refractivity contribution in [1.82, 2.24) is 10.2 Å². The van der Waals surface area contributed by atoms with Gasteiger partial charge in [-0.05, 0) is 19.1 Å². The molecule has 0 saturated carbocycles. The lowest BCUT2D eigenvalue weighted by Gasteiger charge is -2.32. The van der Waals surface area contributed by atoms with E-state index in [1.807, 2.05) is 6.92 Å². The number of halogens is 2. The molecule has 1 aromatic rings. The van der Waals surface area contributed by atoms with Crippen LogP contribution in [0.4, 0.5) is 8.78 Å². The summed E-state index contributed by atoms with van der Waals surface area (Å²) >= 11 is 0. The Bertz CT molecular complexity index is 543. The van der Waals surface area contributed by atoms with E-state index in [9.17, 15) is 13.6 Å². The highest BCUT2D eigenvalue weighted by Gasteiger charge is 2.25. The molecule has 0 aromatic heterocycles. The first-order valence-electron chi connectivity index (χ1n) is 7.19. The molecule has 0 spiro atoms. The minimum absolute atomic E-state index is 0.0242. The maximum absolute atomic E-state index is 12.6. The topological polar surface area (TPSA) is 60.0 Å². The molecule has 0 bridgehead atoms. The molecular formula is C15H20F2N2O4. The number of rotatable bonds is 5. The fourth-order valence-corrected chi connectivity index (χ4v) is 2.51. The molecule has 128 valence electrons. The summed E-state index contributed by atoms with van der Waals surface area (Å²) in [6.45, 7) is 0.809. The average molecular weight is 330 g/mol. The molecule has 23 heavy (non-hydrogen) atoms. The number of piperazine rings is 1. The molecule has 0 aliphatic carbocycles. The minimum atomic E-state index is -3.02. The molecule has 1 amide bonds. The molecule has 1 aromatic carbocycles. The highest BCUT2D eigenvalue weighted by atomic mass is 19.3. The van der Waals surface area contributed by atoms with Crippen molar-refractivity contribution in [2.24, 2.45) is 0 Å². The predicted octanol–water partition coefficient (Wildman–Crippen LogP) is 1.74. The van der Waals surface area contributed by atoms with Crippen LogP contribution in [0, 0.1) is 0 Å². The molecule has 2 rings (SSSR count). The number of benzene rings is 1. The van der Waals surface area contributed by atoms with Crippen LogP contribution >= 0.6 is 0 Å². The van der Waals surface area contributed by atoms with Crippen molar-refractivity contribution in [3.63, 3.8) is 0 Å². The number of ether oxygens (including phenoxy) is 3. The van der Waals surface area contributed by atoms with Crippen LogP contribution in [-0.4, -0.2) is 57.3 Å². The van der Waals surface area contributed by atoms with E-state index in [1.54, 1.807) is 4.90 Å². The highest BCUT2D eigenvalue weighted by Crippen LogP contribution is 2.39. The van der Waals surface area contributed by atoms with Crippen molar-refractivity contribution >= 4 is 5.91 Å². The van der Waals surface area contributed by atoms with Crippen LogP contribution in [0.2, 0.25) is 0 Å². The van der Waals surface area contributed by atoms with Crippen LogP contribution in [-0.2, 0) is 0 Å². The number of carbonyl (C=O) groups is 1. The Hall–Kier alpha value is -2.09. The first-order chi connectivity index (χ1) is 11.0. The number of methoxy groups -OCH3 is 2. The van der Waals surface area contributed by atoms with Crippen LogP contribution in [0.1, 0.15) is 17.3 Å². The highest BCUT2D eigenvalue weighted by molar-refractivity contribution is 5.95. The van der Waals surface area contributed by atoms with Crippen molar-refractivity contribution < 1.29 is 27.8 Å². The van der Waals surface area contributed by atoms with Gasteiger partial charge in [0.1, 0.15) is 0 Å². The lowest BCUT2D eigenvalue weighted by Crippen LogP contribution is -2.51. The van der Waals surface area contributed by atoms with Gasteiger partial charge >= 0.3 is 6.61 Å². The van der Waals surface area contributed by atoms with Gasteiger partial charge < -0.3 is 24.4 Å². The third kappa shape index (κ3) is 4.01. The molecule has 1 unspecified atom stereocenters. The first kappa shape index (κ1) is 17.3. The standard InChI is InChI=1S/C15H20F2N2O4/c1-9-8-19(5-4-18-9)14(20)10-6-11(21-2)13(23-15(16)17)12(7-10)22-3/h6-7,9,15,18H,4-5,8H2,1-3H3. The molecule has 1 fully saturated rings. The number of hydrogen-bond donors (Lipinski definition) is 1. The number of nitrogens with one attached hydrogen (secondary N) is 1. The Kier molecular flexibility index (Phi) is 5.59. The molecule has 6 nitrogen and oxygen atoms in total. The third-order valence-electron chi connectivity index (χ3n) is 3.57. The van der Waals surface area contributed by atoms with Gasteiger partial charge in [0.25, 0.3) is 5.91 Å². The van der Waals surface area contributed by atoms with E-state index in [-0.39, 0.29) is 29.2 Å². The summed E-state index contributed by atoms with van der Waals surface area (Å²) in [5, 5.41) is 3.25. The largest absolute Gasteiger partial charge is 0.493 e. The third-order valence-corrected chi connectivity index (χ3v) is 3.57. The smallest absolute Gasteiger partial charge is 0.387 e. The van der Waals surface area contributed by atoms with E-state index < -0.39 is 6.61 Å². The summed E-state index contributed by atoms with van der Waals surface area (Å²) in [5.41, 5.74) is 0.300. The van der Waals surface area contributed by atoms with E-state index in [1.165, 1.54) is 26.4 Å². The fourth-order valence-electron chi connectivity index (χ4n) is 2.51. The number of hydrogen-bond acceptors (Lipinski definition) is 5. The van der Waals surface area contributed by atoms with Crippen molar-refractivity contribution in [1.29, 1.82) is 0 Å². The average Bonchev–Trinajstić information content (AvgIpc) is 2.53. The number of alkyl halides is 2. The molecule has 1 N–H and O–H groups in total. The molecule has 1 aliphatic heterocycles. The molecule has 1 saturated heterocycles. The van der Waals surface area contributed by atoms with Crippen molar-refractivity contribution in [3.05, 3.63) is 17.7 Å². The zero-order chi connectivity index (χ0) is 17.0. The SMILES string of the molecule is COc1cc(C(=O)N2CCNC(C)C2)cc(OC)c1OC(F)F. The summed E-state index contributed by atoms with van der Waals surface area (Å²) in [7, 11) is 2.63. The summed E-state index contributed by atoms with van der Waals surface area (Å²) < 4.78 is 39.6. The predicted molar refractivity (Wildman–Crippen MR) is 79.5 cm³/mol. The van der Waals surface area contributed by atoms with Gasteiger partial charge in [0, 0.05) is 31.2 Å². The molecule has 1 atom stereocenters. The van der Waals surface area contributed by atoms with Gasteiger partial charge in [-0.25, -0.2) is 0 Å². The van der Waals surface area contributed by atoms with Crippen molar-refractivity contribution in [2.75, 3.05) is 33.9 Å². The normalized spacial score (nSPS) is 18.0. The lowest BCUT2D eigenvalue weighted by molar-refractivity contribution is -0.0526. The van der Waals surface area contributed by atoms with Gasteiger partial charge in [0.2, 0.25) is 5.75 Å². The second kappa shape index (κ2) is 7.45. The van der Waals surface area contributed by atoms with E-state index >= 15 is 0 Å². The van der Waals surface area contributed by atoms with E-state index in [4.69, 9.17) is 9.47 Å². The van der Waals surface area contributed by atoms with Gasteiger partial charge in [-0.15, -0.1) is 0 Å². The Morgan fingerprint density at radius 3 is 2.39 bits per heavy atom. The van der Waals surface area contributed by atoms with Crippen LogP contribution in [0.3, 0.4) is 0 Å². The summed E-state index contributed by atoms with van der Waals surface area (Å²) in [6, 6.07) is 2.96. The van der Waals surface area contributed by atoms with Gasteiger partial charge in [0.05, 0.1) is 14.2 Å². The number of nitrogens with zero attached hydrogens (tertiary/aromatic N) is 1. The van der Waals surface area contributed by atoms with Gasteiger partial charge in [-0.3, -0.25) is 4.79 Å². The Morgan fingerprint density at radius 2 is 1.91 bits per heavy atom. The molecule has 8 heteroatoms. The van der Waals surface area contributed by atoms with Crippen LogP contribution in [0.15, 0.2) is 12.1 Å². The van der Waals surface area contributed by atoms with Crippen LogP contribution < -0.4 is 19.5 Å². The molecular weight excluding hydrogens is 310 g/mol. The van der Waals surface area contributed by atoms with Gasteiger partial charge in [-0.2, -0.15) is 8.78 Å². The monoisotopic (exact) mass is 330 g/mol. The summed E-state index contributed by atoms with van der Waals surface area (Å²) in [5.74, 6) is -0.388. The molecule has 0 radical (unpaired) electrons. The zero-order valence-electron chi connectivity index (χ0n) is 13.3. The lowest BCUT2D eigenvalue weighted by atomic mass is 10.1. The number of amides is 1. The zero-order valence-corrected chi connectivity index (χ0v) is 13.3. The molecule has 1 aliphatic rings. The second-order valence-electron chi connectivity index (χ2n) is 5.19. The Morgan fingerprint density at radius 1 is 1.30 bits per heavy atom. The molecule has 1 heterocycles. The number of carbonyl (C=O) groups excluding carboxylic acids is 1. The van der Waals surface area contributed by atoms with E-state index in [2.05, 4.69) is 10.1 Å². The first-order valence-corrected chi connectivity index (χ1v) is 7.19. The minimum Gasteiger partial charge on any atom is -0.493 e. The quantitative estimate of drug-likeness (QED) is 0.891. The van der Waals surface area contributed by atoms with Gasteiger partial charge in [0.15, 0.2) is 11.5 Å². The van der Waals surface area contributed by atoms with Crippen LogP contribution in [0.25, 0.3) is 0 Å². The van der Waals surface area contributed by atoms with Crippen molar-refractivity contribution in [2.45, 2.75) is 19.6 Å². The van der Waals surface area contributed by atoms with Crippen molar-refractivity contribution in [3.8, 4) is 17.2 Å². The fraction of sp³-hybridized carbons (Fsp3) is 0.533. The maximum atomic E-state index is 12.6. The summed E-state index contributed by atoms with van der Waals surface area (Å²) in [6.07, 6.45) is 0. The Balaban J connectivity index is 2.33. The summed E-state index contributed by atoms with van der Waals surface area (Å²) in [4.78, 5) is 14.3. The maximum Gasteiger partial charge on any atom is 0.387 e. The second-order valence-corrected chi connectivity index (χ2v) is 5.19. The van der Waals surface area contributed by atoms with E-state index in [0.717, 1.165) is 0 Å².